The van der Waals surface area contributed by atoms with Gasteiger partial charge >= 0.3 is 0 Å². The molecule has 0 aromatic heterocycles. The Morgan fingerprint density at radius 1 is 1.38 bits per heavy atom. The van der Waals surface area contributed by atoms with Gasteiger partial charge in [0, 0.05) is 0 Å². The second-order valence-corrected chi connectivity index (χ2v) is 6.60. The summed E-state index contributed by atoms with van der Waals surface area (Å²) in [6, 6.07) is 7.34. The number of hydrogen-bond acceptors (Lipinski definition) is 2. The minimum absolute atomic E-state index is 0.138. The van der Waals surface area contributed by atoms with Gasteiger partial charge in [-0.1, -0.05) is 40.2 Å². The lowest BCUT2D eigenvalue weighted by Crippen LogP contribution is -2.20. The number of rotatable bonds is 5. The van der Waals surface area contributed by atoms with Crippen LogP contribution in [-0.4, -0.2) is 19.4 Å². The second-order valence-electron chi connectivity index (χ2n) is 3.86. The molecule has 0 bridgehead atoms. The number of halogens is 1. The smallest absolute Gasteiger partial charge is 0.157 e. The average Bonchev–Trinajstić information content (AvgIpc) is 2.20. The molecule has 1 rings (SSSR count). The Hall–Kier alpha value is -0.520. The Morgan fingerprint density at radius 3 is 2.31 bits per heavy atom. The lowest BCUT2D eigenvalue weighted by molar-refractivity contribution is -0.109. The van der Waals surface area contributed by atoms with Crippen molar-refractivity contribution in [1.29, 1.82) is 0 Å². The third-order valence-corrected chi connectivity index (χ3v) is 3.16. The molecule has 2 atom stereocenters. The summed E-state index contributed by atoms with van der Waals surface area (Å²) in [6.07, 6.45) is 1.46. The van der Waals surface area contributed by atoms with Crippen molar-refractivity contribution in [3.8, 4) is 0 Å². The Labute approximate surface area is 106 Å². The van der Waals surface area contributed by atoms with Gasteiger partial charge in [-0.05, 0) is 24.5 Å². The van der Waals surface area contributed by atoms with Crippen LogP contribution in [0.5, 0.6) is 0 Å². The Kier molecular flexibility index (Phi) is 4.83. The summed E-state index contributed by atoms with van der Waals surface area (Å²) in [6.45, 7) is 1.80. The maximum Gasteiger partial charge on any atom is 0.157 e. The molecule has 88 valence electrons. The summed E-state index contributed by atoms with van der Waals surface area (Å²) in [5.74, 6) is 0.138. The molecule has 0 fully saturated rings. The molecule has 1 unspecified atom stereocenters. The van der Waals surface area contributed by atoms with E-state index in [4.69, 9.17) is 4.55 Å². The average molecular weight is 305 g/mol. The van der Waals surface area contributed by atoms with Crippen LogP contribution < -0.4 is 0 Å². The predicted molar refractivity (Wildman–Crippen MR) is 68.0 cm³/mol. The Balaban J connectivity index is 2.71. The molecule has 5 heteroatoms. The van der Waals surface area contributed by atoms with Crippen LogP contribution in [0.15, 0.2) is 24.3 Å². The van der Waals surface area contributed by atoms with Crippen molar-refractivity contribution < 1.29 is 13.6 Å². The first-order valence-corrected chi connectivity index (χ1v) is 6.80. The first-order valence-electron chi connectivity index (χ1n) is 4.73. The Bertz CT molecular complexity index is 387. The molecule has 1 aromatic carbocycles. The number of benzene rings is 1. The van der Waals surface area contributed by atoms with Gasteiger partial charge in [0.1, 0.15) is 6.29 Å². The van der Waals surface area contributed by atoms with E-state index in [1.54, 1.807) is 19.1 Å². The minimum atomic E-state index is -1.81. The van der Waals surface area contributed by atoms with Crippen LogP contribution in [-0.2, 0) is 28.0 Å². The topological polar surface area (TPSA) is 54.4 Å². The summed E-state index contributed by atoms with van der Waals surface area (Å²) in [4.78, 5) is 10.7. The minimum Gasteiger partial charge on any atom is -0.306 e. The molecule has 0 spiro atoms. The van der Waals surface area contributed by atoms with E-state index in [1.807, 2.05) is 12.1 Å². The SMILES string of the molecule is C[C@@](Br)(C=O)Cc1ccc(CS(=O)O)cc1. The zero-order chi connectivity index (χ0) is 12.2. The highest BCUT2D eigenvalue weighted by atomic mass is 79.9. The number of carbonyl (C=O) groups excluding carboxylic acids is 1. The van der Waals surface area contributed by atoms with Gasteiger partial charge in [-0.15, -0.1) is 0 Å². The molecule has 0 aliphatic carbocycles. The zero-order valence-electron chi connectivity index (χ0n) is 8.85. The molecule has 1 N–H and O–H groups in total. The monoisotopic (exact) mass is 304 g/mol. The molecule has 1 aromatic rings. The van der Waals surface area contributed by atoms with Crippen molar-refractivity contribution in [2.75, 3.05) is 0 Å². The van der Waals surface area contributed by atoms with Gasteiger partial charge in [-0.25, -0.2) is 4.21 Å². The van der Waals surface area contributed by atoms with Crippen molar-refractivity contribution >= 4 is 33.3 Å². The molecule has 0 amide bonds. The highest BCUT2D eigenvalue weighted by Gasteiger charge is 2.19. The van der Waals surface area contributed by atoms with E-state index in [0.29, 0.717) is 6.42 Å². The summed E-state index contributed by atoms with van der Waals surface area (Å²) in [5.41, 5.74) is 1.82. The molecule has 0 aliphatic heterocycles. The fourth-order valence-corrected chi connectivity index (χ4v) is 2.14. The summed E-state index contributed by atoms with van der Waals surface area (Å²) < 4.78 is 18.8. The fourth-order valence-electron chi connectivity index (χ4n) is 1.34. The number of aldehydes is 1. The number of hydrogen-bond donors (Lipinski definition) is 1. The van der Waals surface area contributed by atoms with Crippen LogP contribution in [0.1, 0.15) is 18.1 Å². The van der Waals surface area contributed by atoms with Gasteiger partial charge in [0.25, 0.3) is 0 Å². The standard InChI is InChI=1S/C11H13BrO3S/c1-11(12,8-13)6-9-2-4-10(5-3-9)7-16(14)15/h2-5,8H,6-7H2,1H3,(H,14,15)/t11-/m0/s1. The van der Waals surface area contributed by atoms with E-state index in [0.717, 1.165) is 17.4 Å². The first kappa shape index (κ1) is 13.5. The number of carbonyl (C=O) groups is 1. The van der Waals surface area contributed by atoms with Crippen LogP contribution in [0.25, 0.3) is 0 Å². The van der Waals surface area contributed by atoms with Crippen molar-refractivity contribution in [3.05, 3.63) is 35.4 Å². The van der Waals surface area contributed by atoms with Crippen molar-refractivity contribution in [2.45, 2.75) is 23.4 Å². The molecule has 0 heterocycles. The molecule has 0 saturated heterocycles. The largest absolute Gasteiger partial charge is 0.306 e. The highest BCUT2D eigenvalue weighted by molar-refractivity contribution is 9.10. The predicted octanol–water partition coefficient (Wildman–Crippen LogP) is 2.30. The van der Waals surface area contributed by atoms with Crippen molar-refractivity contribution in [1.82, 2.24) is 0 Å². The third-order valence-electron chi connectivity index (χ3n) is 2.11. The maximum absolute atomic E-state index is 10.7. The zero-order valence-corrected chi connectivity index (χ0v) is 11.3. The van der Waals surface area contributed by atoms with Crippen LogP contribution >= 0.6 is 15.9 Å². The molecule has 0 radical (unpaired) electrons. The van der Waals surface area contributed by atoms with E-state index in [2.05, 4.69) is 15.9 Å². The third kappa shape index (κ3) is 4.55. The van der Waals surface area contributed by atoms with Gasteiger partial charge in [0.15, 0.2) is 11.1 Å². The van der Waals surface area contributed by atoms with Gasteiger partial charge < -0.3 is 9.35 Å². The van der Waals surface area contributed by atoms with E-state index < -0.39 is 15.4 Å². The lowest BCUT2D eigenvalue weighted by atomic mass is 10.0. The van der Waals surface area contributed by atoms with Crippen LogP contribution in [0, 0.1) is 0 Å². The van der Waals surface area contributed by atoms with Crippen molar-refractivity contribution in [3.63, 3.8) is 0 Å². The molecule has 16 heavy (non-hydrogen) atoms. The molecule has 0 aliphatic rings. The quantitative estimate of drug-likeness (QED) is 0.516. The molecular formula is C11H13BrO3S. The molecule has 3 nitrogen and oxygen atoms in total. The van der Waals surface area contributed by atoms with Crippen molar-refractivity contribution in [2.24, 2.45) is 0 Å². The fraction of sp³-hybridized carbons (Fsp3) is 0.364. The summed E-state index contributed by atoms with van der Waals surface area (Å²) >= 11 is 1.51. The van der Waals surface area contributed by atoms with Gasteiger partial charge in [0.2, 0.25) is 0 Å². The van der Waals surface area contributed by atoms with E-state index in [1.165, 1.54) is 0 Å². The van der Waals surface area contributed by atoms with E-state index >= 15 is 0 Å². The molecular weight excluding hydrogens is 292 g/mol. The summed E-state index contributed by atoms with van der Waals surface area (Å²) in [7, 11) is 0. The van der Waals surface area contributed by atoms with Crippen LogP contribution in [0.3, 0.4) is 0 Å². The van der Waals surface area contributed by atoms with Gasteiger partial charge in [-0.2, -0.15) is 0 Å². The van der Waals surface area contributed by atoms with Gasteiger partial charge in [-0.3, -0.25) is 0 Å². The summed E-state index contributed by atoms with van der Waals surface area (Å²) in [5, 5.41) is 0. The highest BCUT2D eigenvalue weighted by Crippen LogP contribution is 2.20. The maximum atomic E-state index is 10.7. The first-order chi connectivity index (χ1) is 7.43. The van der Waals surface area contributed by atoms with Crippen LogP contribution in [0.4, 0.5) is 0 Å². The molecule has 0 saturated carbocycles. The van der Waals surface area contributed by atoms with Gasteiger partial charge in [0.05, 0.1) is 10.1 Å². The number of alkyl halides is 1. The Morgan fingerprint density at radius 2 is 1.88 bits per heavy atom. The second kappa shape index (κ2) is 5.70. The van der Waals surface area contributed by atoms with E-state index in [9.17, 15) is 9.00 Å². The van der Waals surface area contributed by atoms with Crippen LogP contribution in [0.2, 0.25) is 0 Å². The lowest BCUT2D eigenvalue weighted by Gasteiger charge is -2.14. The van der Waals surface area contributed by atoms with E-state index in [-0.39, 0.29) is 5.75 Å². The normalized spacial score (nSPS) is 16.4.